The van der Waals surface area contributed by atoms with Crippen LogP contribution in [0.1, 0.15) is 44.3 Å². The summed E-state index contributed by atoms with van der Waals surface area (Å²) in [6.45, 7) is 3.89. The lowest BCUT2D eigenvalue weighted by Gasteiger charge is -2.39. The molecule has 0 bridgehead atoms. The summed E-state index contributed by atoms with van der Waals surface area (Å²) >= 11 is 0. The molecule has 2 heterocycles. The minimum Gasteiger partial charge on any atom is -0.374 e. The van der Waals surface area contributed by atoms with Gasteiger partial charge in [0.15, 0.2) is 0 Å². The Balaban J connectivity index is 1.77. The number of nitrogens with zero attached hydrogens (tertiary/aromatic N) is 2. The number of hydrogen-bond donors (Lipinski definition) is 1. The van der Waals surface area contributed by atoms with Crippen molar-refractivity contribution in [3.05, 3.63) is 24.0 Å². The van der Waals surface area contributed by atoms with Crippen molar-refractivity contribution in [1.29, 1.82) is 0 Å². The van der Waals surface area contributed by atoms with Gasteiger partial charge in [0.05, 0.1) is 36.3 Å². The third-order valence-electron chi connectivity index (χ3n) is 4.40. The fraction of sp³-hybridized carbons (Fsp3) is 0.667. The van der Waals surface area contributed by atoms with Gasteiger partial charge >= 0.3 is 0 Å². The van der Waals surface area contributed by atoms with E-state index in [0.717, 1.165) is 25.3 Å². The van der Waals surface area contributed by atoms with E-state index < -0.39 is 0 Å². The maximum atomic E-state index is 6.01. The van der Waals surface area contributed by atoms with Crippen LogP contribution < -0.4 is 10.6 Å². The Hall–Kier alpha value is -1.13. The Bertz CT molecular complexity index is 420. The third kappa shape index (κ3) is 2.47. The van der Waals surface area contributed by atoms with E-state index in [-0.39, 0.29) is 6.04 Å². The van der Waals surface area contributed by atoms with Crippen LogP contribution in [0.15, 0.2) is 18.3 Å². The van der Waals surface area contributed by atoms with Gasteiger partial charge in [-0.2, -0.15) is 0 Å². The smallest absolute Gasteiger partial charge is 0.0779 e. The first kappa shape index (κ1) is 12.9. The van der Waals surface area contributed by atoms with Gasteiger partial charge in [-0.25, -0.2) is 0 Å². The predicted molar refractivity (Wildman–Crippen MR) is 76.2 cm³/mol. The maximum Gasteiger partial charge on any atom is 0.0779 e. The Labute approximate surface area is 115 Å². The zero-order valence-electron chi connectivity index (χ0n) is 11.6. The van der Waals surface area contributed by atoms with Crippen molar-refractivity contribution in [3.63, 3.8) is 0 Å². The Morgan fingerprint density at radius 3 is 3.11 bits per heavy atom. The number of nitrogens with two attached hydrogens (primary N) is 1. The first-order valence-corrected chi connectivity index (χ1v) is 7.39. The highest BCUT2D eigenvalue weighted by molar-refractivity contribution is 5.47. The van der Waals surface area contributed by atoms with Gasteiger partial charge in [0, 0.05) is 12.6 Å². The van der Waals surface area contributed by atoms with Crippen molar-refractivity contribution in [2.45, 2.75) is 50.8 Å². The lowest BCUT2D eigenvalue weighted by atomic mass is 10.1. The molecule has 1 aromatic rings. The molecule has 2 fully saturated rings. The highest BCUT2D eigenvalue weighted by Gasteiger charge is 2.36. The number of aromatic nitrogens is 1. The number of anilines is 1. The molecule has 3 rings (SSSR count). The van der Waals surface area contributed by atoms with E-state index in [1.807, 2.05) is 6.20 Å². The summed E-state index contributed by atoms with van der Waals surface area (Å²) in [5, 5.41) is 0. The van der Waals surface area contributed by atoms with Gasteiger partial charge in [0.2, 0.25) is 0 Å². The minimum atomic E-state index is 0.0537. The first-order valence-electron chi connectivity index (χ1n) is 7.39. The Kier molecular flexibility index (Phi) is 3.71. The number of pyridine rings is 1. The topological polar surface area (TPSA) is 51.4 Å². The van der Waals surface area contributed by atoms with Crippen LogP contribution in [0.4, 0.5) is 5.69 Å². The van der Waals surface area contributed by atoms with Crippen LogP contribution in [-0.4, -0.2) is 30.3 Å². The quantitative estimate of drug-likeness (QED) is 0.906. The van der Waals surface area contributed by atoms with E-state index in [0.29, 0.717) is 12.1 Å². The van der Waals surface area contributed by atoms with Crippen molar-refractivity contribution in [1.82, 2.24) is 4.98 Å². The summed E-state index contributed by atoms with van der Waals surface area (Å²) in [5.41, 5.74) is 8.22. The highest BCUT2D eigenvalue weighted by Crippen LogP contribution is 2.33. The molecule has 1 aliphatic heterocycles. The molecule has 0 spiro atoms. The zero-order chi connectivity index (χ0) is 13.2. The second-order valence-electron chi connectivity index (χ2n) is 5.56. The van der Waals surface area contributed by atoms with E-state index >= 15 is 0 Å². The number of fused-ring (bicyclic) bond motifs is 1. The van der Waals surface area contributed by atoms with Crippen LogP contribution >= 0.6 is 0 Å². The fourth-order valence-corrected chi connectivity index (χ4v) is 3.24. The molecule has 2 N–H and O–H groups in total. The summed E-state index contributed by atoms with van der Waals surface area (Å²) in [5.74, 6) is 0. The molecule has 1 saturated heterocycles. The summed E-state index contributed by atoms with van der Waals surface area (Å²) < 4.78 is 5.85. The Morgan fingerprint density at radius 1 is 1.47 bits per heavy atom. The van der Waals surface area contributed by atoms with E-state index in [4.69, 9.17) is 10.5 Å². The fourth-order valence-electron chi connectivity index (χ4n) is 3.24. The second-order valence-corrected chi connectivity index (χ2v) is 5.56. The second kappa shape index (κ2) is 5.47. The molecule has 1 aliphatic carbocycles. The Morgan fingerprint density at radius 2 is 2.37 bits per heavy atom. The highest BCUT2D eigenvalue weighted by atomic mass is 16.5. The molecule has 104 valence electrons. The number of hydrogen-bond acceptors (Lipinski definition) is 4. The van der Waals surface area contributed by atoms with E-state index in [1.54, 1.807) is 0 Å². The van der Waals surface area contributed by atoms with Crippen LogP contribution in [0.5, 0.6) is 0 Å². The molecule has 1 saturated carbocycles. The molecular formula is C15H23N3O. The average molecular weight is 261 g/mol. The van der Waals surface area contributed by atoms with Gasteiger partial charge in [-0.1, -0.05) is 6.92 Å². The van der Waals surface area contributed by atoms with E-state index in [9.17, 15) is 0 Å². The van der Waals surface area contributed by atoms with Crippen molar-refractivity contribution in [2.75, 3.05) is 18.1 Å². The summed E-state index contributed by atoms with van der Waals surface area (Å²) in [4.78, 5) is 7.00. The normalized spacial score (nSPS) is 28.2. The van der Waals surface area contributed by atoms with Gasteiger partial charge < -0.3 is 15.4 Å². The molecule has 19 heavy (non-hydrogen) atoms. The molecule has 2 aliphatic rings. The lowest BCUT2D eigenvalue weighted by molar-refractivity contribution is 0.0256. The van der Waals surface area contributed by atoms with Crippen molar-refractivity contribution in [2.24, 2.45) is 5.73 Å². The van der Waals surface area contributed by atoms with Gasteiger partial charge in [-0.3, -0.25) is 4.98 Å². The maximum absolute atomic E-state index is 6.01. The first-order chi connectivity index (χ1) is 9.29. The van der Waals surface area contributed by atoms with Gasteiger partial charge in [-0.15, -0.1) is 0 Å². The molecule has 0 amide bonds. The molecule has 4 heteroatoms. The molecular weight excluding hydrogens is 238 g/mol. The molecule has 3 atom stereocenters. The van der Waals surface area contributed by atoms with Gasteiger partial charge in [-0.05, 0) is 37.8 Å². The summed E-state index contributed by atoms with van der Waals surface area (Å²) in [6.07, 6.45) is 7.04. The predicted octanol–water partition coefficient (Wildman–Crippen LogP) is 2.25. The van der Waals surface area contributed by atoms with E-state index in [2.05, 4.69) is 28.9 Å². The monoisotopic (exact) mass is 261 g/mol. The van der Waals surface area contributed by atoms with Gasteiger partial charge in [0.25, 0.3) is 0 Å². The van der Waals surface area contributed by atoms with Crippen LogP contribution in [0.25, 0.3) is 0 Å². The largest absolute Gasteiger partial charge is 0.374 e. The van der Waals surface area contributed by atoms with Crippen molar-refractivity contribution in [3.8, 4) is 0 Å². The summed E-state index contributed by atoms with van der Waals surface area (Å²) in [7, 11) is 0. The van der Waals surface area contributed by atoms with Crippen LogP contribution in [-0.2, 0) is 4.74 Å². The third-order valence-corrected chi connectivity index (χ3v) is 4.40. The van der Waals surface area contributed by atoms with E-state index in [1.165, 1.54) is 24.9 Å². The molecule has 0 aromatic carbocycles. The number of rotatable bonds is 3. The number of morpholine rings is 1. The molecule has 3 unspecified atom stereocenters. The van der Waals surface area contributed by atoms with Crippen molar-refractivity contribution >= 4 is 5.69 Å². The number of ether oxygens (including phenoxy) is 1. The van der Waals surface area contributed by atoms with Crippen LogP contribution in [0.2, 0.25) is 0 Å². The minimum absolute atomic E-state index is 0.0537. The lowest BCUT2D eigenvalue weighted by Crippen LogP contribution is -2.48. The molecule has 0 radical (unpaired) electrons. The molecule has 1 aromatic heterocycles. The van der Waals surface area contributed by atoms with Gasteiger partial charge in [0.1, 0.15) is 0 Å². The average Bonchev–Trinajstić information content (AvgIpc) is 2.95. The zero-order valence-corrected chi connectivity index (χ0v) is 11.6. The summed E-state index contributed by atoms with van der Waals surface area (Å²) in [6, 6.07) is 4.83. The van der Waals surface area contributed by atoms with Crippen LogP contribution in [0, 0.1) is 0 Å². The SMILES string of the molecule is CCC(N)c1ccc(N2CCOC3CCCC32)cn1. The standard InChI is InChI=1S/C15H23N3O/c1-2-12(16)13-7-6-11(10-17-13)18-8-9-19-15-5-3-4-14(15)18/h6-7,10,12,14-15H,2-5,8-9,16H2,1H3. The van der Waals surface area contributed by atoms with Crippen LogP contribution in [0.3, 0.4) is 0 Å². The molecule has 4 nitrogen and oxygen atoms in total. The van der Waals surface area contributed by atoms with Crippen molar-refractivity contribution < 1.29 is 4.74 Å².